The highest BCUT2D eigenvalue weighted by atomic mass is 32.2. The van der Waals surface area contributed by atoms with Gasteiger partial charge < -0.3 is 10.5 Å². The fourth-order valence-electron chi connectivity index (χ4n) is 1.51. The van der Waals surface area contributed by atoms with E-state index in [1.807, 2.05) is 0 Å². The van der Waals surface area contributed by atoms with Gasteiger partial charge in [-0.05, 0) is 24.6 Å². The summed E-state index contributed by atoms with van der Waals surface area (Å²) in [6, 6.07) is 7.10. The maximum Gasteiger partial charge on any atom is 0.325 e. The minimum atomic E-state index is -3.78. The summed E-state index contributed by atoms with van der Waals surface area (Å²) in [5.41, 5.74) is 6.78. The fraction of sp³-hybridized carbons (Fsp3) is 0.357. The quantitative estimate of drug-likeness (QED) is 0.588. The van der Waals surface area contributed by atoms with Crippen LogP contribution in [0.15, 0.2) is 24.3 Å². The summed E-state index contributed by atoms with van der Waals surface area (Å²) in [6.07, 6.45) is 0. The molecule has 1 atom stereocenters. The van der Waals surface area contributed by atoms with Gasteiger partial charge in [-0.1, -0.05) is 24.0 Å². The number of hydrogen-bond donors (Lipinski definition) is 2. The van der Waals surface area contributed by atoms with Crippen molar-refractivity contribution in [3.05, 3.63) is 35.4 Å². The van der Waals surface area contributed by atoms with Crippen LogP contribution in [-0.4, -0.2) is 33.3 Å². The number of nitrogens with two attached hydrogens (primary N) is 1. The van der Waals surface area contributed by atoms with E-state index in [1.165, 1.54) is 6.92 Å². The summed E-state index contributed by atoms with van der Waals surface area (Å²) in [5.74, 6) is 4.79. The molecule has 1 aromatic carbocycles. The topological polar surface area (TPSA) is 98.5 Å². The molecule has 0 bridgehead atoms. The van der Waals surface area contributed by atoms with Gasteiger partial charge in [-0.3, -0.25) is 4.79 Å². The largest absolute Gasteiger partial charge is 0.468 e. The van der Waals surface area contributed by atoms with Gasteiger partial charge in [-0.15, -0.1) is 0 Å². The van der Waals surface area contributed by atoms with Gasteiger partial charge in [0, 0.05) is 12.1 Å². The van der Waals surface area contributed by atoms with Crippen LogP contribution in [0.4, 0.5) is 0 Å². The minimum absolute atomic E-state index is 0.0712. The molecule has 0 saturated carbocycles. The van der Waals surface area contributed by atoms with Gasteiger partial charge >= 0.3 is 5.97 Å². The second kappa shape index (κ2) is 7.78. The van der Waals surface area contributed by atoms with Crippen molar-refractivity contribution >= 4 is 16.0 Å². The summed E-state index contributed by atoms with van der Waals surface area (Å²) in [6.45, 7) is 1.60. The normalized spacial score (nSPS) is 12.1. The van der Waals surface area contributed by atoms with E-state index in [0.717, 1.165) is 18.2 Å². The maximum atomic E-state index is 11.9. The van der Waals surface area contributed by atoms with E-state index in [9.17, 15) is 13.2 Å². The fourth-order valence-corrected chi connectivity index (χ4v) is 2.48. The molecule has 0 aliphatic heterocycles. The Hall–Kier alpha value is -1.88. The number of esters is 1. The predicted molar refractivity (Wildman–Crippen MR) is 79.6 cm³/mol. The van der Waals surface area contributed by atoms with Crippen LogP contribution in [0.1, 0.15) is 18.1 Å². The highest BCUT2D eigenvalue weighted by molar-refractivity contribution is 7.90. The number of benzene rings is 1. The van der Waals surface area contributed by atoms with Crippen molar-refractivity contribution in [1.82, 2.24) is 4.72 Å². The van der Waals surface area contributed by atoms with Crippen LogP contribution in [0.5, 0.6) is 0 Å². The van der Waals surface area contributed by atoms with Crippen LogP contribution < -0.4 is 10.5 Å². The van der Waals surface area contributed by atoms with E-state index < -0.39 is 21.2 Å². The van der Waals surface area contributed by atoms with Gasteiger partial charge in [0.2, 0.25) is 10.0 Å². The Labute approximate surface area is 124 Å². The first-order valence-corrected chi connectivity index (χ1v) is 7.79. The zero-order valence-corrected chi connectivity index (χ0v) is 12.7. The van der Waals surface area contributed by atoms with Crippen molar-refractivity contribution in [3.8, 4) is 11.8 Å². The van der Waals surface area contributed by atoms with Crippen LogP contribution in [0, 0.1) is 11.8 Å². The van der Waals surface area contributed by atoms with Crippen LogP contribution in [0.3, 0.4) is 0 Å². The number of nitrogens with one attached hydrogen (secondary N) is 1. The molecule has 0 saturated heterocycles. The van der Waals surface area contributed by atoms with Gasteiger partial charge in [0.05, 0.1) is 13.7 Å². The molecule has 0 aromatic heterocycles. The third-order valence-corrected chi connectivity index (χ3v) is 4.41. The number of methoxy groups -OCH3 is 1. The molecule has 3 N–H and O–H groups in total. The molecule has 6 nitrogen and oxygen atoms in total. The molecule has 0 spiro atoms. The smallest absolute Gasteiger partial charge is 0.325 e. The molecule has 0 aliphatic carbocycles. The van der Waals surface area contributed by atoms with E-state index >= 15 is 0 Å². The van der Waals surface area contributed by atoms with Crippen molar-refractivity contribution in [1.29, 1.82) is 0 Å². The lowest BCUT2D eigenvalue weighted by atomic mass is 10.1. The molecule has 21 heavy (non-hydrogen) atoms. The number of rotatable bonds is 5. The average molecular weight is 310 g/mol. The van der Waals surface area contributed by atoms with Gasteiger partial charge in [0.15, 0.2) is 5.25 Å². The van der Waals surface area contributed by atoms with Crippen molar-refractivity contribution in [2.45, 2.75) is 18.7 Å². The molecule has 1 aromatic rings. The Kier molecular flexibility index (Phi) is 6.37. The third-order valence-electron chi connectivity index (χ3n) is 2.74. The Morgan fingerprint density at radius 3 is 2.81 bits per heavy atom. The third kappa shape index (κ3) is 5.19. The van der Waals surface area contributed by atoms with Crippen LogP contribution in [0.25, 0.3) is 0 Å². The average Bonchev–Trinajstić information content (AvgIpc) is 2.49. The van der Waals surface area contributed by atoms with Crippen LogP contribution in [-0.2, 0) is 26.1 Å². The molecule has 7 heteroatoms. The van der Waals surface area contributed by atoms with Crippen molar-refractivity contribution in [2.24, 2.45) is 5.73 Å². The summed E-state index contributed by atoms with van der Waals surface area (Å²) in [4.78, 5) is 11.3. The molecule has 114 valence electrons. The summed E-state index contributed by atoms with van der Waals surface area (Å²) >= 11 is 0. The van der Waals surface area contributed by atoms with Crippen molar-refractivity contribution in [3.63, 3.8) is 0 Å². The maximum absolute atomic E-state index is 11.9. The van der Waals surface area contributed by atoms with Crippen LogP contribution >= 0.6 is 0 Å². The van der Waals surface area contributed by atoms with Crippen molar-refractivity contribution in [2.75, 3.05) is 13.7 Å². The monoisotopic (exact) mass is 310 g/mol. The Morgan fingerprint density at radius 2 is 2.19 bits per heavy atom. The lowest BCUT2D eigenvalue weighted by molar-refractivity contribution is -0.139. The molecule has 0 fully saturated rings. The molecule has 0 heterocycles. The standard InChI is InChI=1S/C14H18N2O4S/c1-11(14(17)20-2)21(18,19)16-10-13-6-3-5-12(9-13)7-4-8-15/h3,5-6,9,11,16H,8,10,15H2,1-2H3. The zero-order valence-electron chi connectivity index (χ0n) is 11.9. The Balaban J connectivity index is 2.77. The van der Waals surface area contributed by atoms with E-state index in [-0.39, 0.29) is 13.1 Å². The number of sulfonamides is 1. The minimum Gasteiger partial charge on any atom is -0.468 e. The zero-order chi connectivity index (χ0) is 15.9. The predicted octanol–water partition coefficient (Wildman–Crippen LogP) is -0.0223. The van der Waals surface area contributed by atoms with Gasteiger partial charge in [-0.25, -0.2) is 13.1 Å². The Bertz CT molecular complexity index is 659. The van der Waals surface area contributed by atoms with Crippen LogP contribution in [0.2, 0.25) is 0 Å². The van der Waals surface area contributed by atoms with E-state index in [0.29, 0.717) is 0 Å². The second-order valence-corrected chi connectivity index (χ2v) is 6.32. The first-order chi connectivity index (χ1) is 9.90. The van der Waals surface area contributed by atoms with Gasteiger partial charge in [0.1, 0.15) is 0 Å². The molecular formula is C14H18N2O4S. The highest BCUT2D eigenvalue weighted by Crippen LogP contribution is 2.06. The summed E-state index contributed by atoms with van der Waals surface area (Å²) in [5, 5.41) is -1.26. The van der Waals surface area contributed by atoms with Crippen molar-refractivity contribution < 1.29 is 17.9 Å². The molecule has 0 amide bonds. The summed E-state index contributed by atoms with van der Waals surface area (Å²) in [7, 11) is -2.63. The first-order valence-electron chi connectivity index (χ1n) is 6.25. The SMILES string of the molecule is COC(=O)C(C)S(=O)(=O)NCc1cccc(C#CCN)c1. The first kappa shape index (κ1) is 17.2. The number of hydrogen-bond acceptors (Lipinski definition) is 5. The molecule has 0 aliphatic rings. The second-order valence-electron chi connectivity index (χ2n) is 4.24. The van der Waals surface area contributed by atoms with E-state index in [4.69, 9.17) is 5.73 Å². The number of carbonyl (C=O) groups is 1. The number of ether oxygens (including phenoxy) is 1. The van der Waals surface area contributed by atoms with Gasteiger partial charge in [0.25, 0.3) is 0 Å². The highest BCUT2D eigenvalue weighted by Gasteiger charge is 2.28. The molecule has 1 unspecified atom stereocenters. The lowest BCUT2D eigenvalue weighted by Gasteiger charge is -2.12. The van der Waals surface area contributed by atoms with E-state index in [2.05, 4.69) is 21.3 Å². The Morgan fingerprint density at radius 1 is 1.48 bits per heavy atom. The molecular weight excluding hydrogens is 292 g/mol. The molecule has 0 radical (unpaired) electrons. The van der Waals surface area contributed by atoms with Gasteiger partial charge in [-0.2, -0.15) is 0 Å². The van der Waals surface area contributed by atoms with E-state index in [1.54, 1.807) is 24.3 Å². The molecule has 1 rings (SSSR count). The lowest BCUT2D eigenvalue weighted by Crippen LogP contribution is -2.37. The summed E-state index contributed by atoms with van der Waals surface area (Å²) < 4.78 is 30.6. The number of carbonyl (C=O) groups excluding carboxylic acids is 1.